The maximum atomic E-state index is 12.2. The molecule has 0 saturated carbocycles. The number of fused-ring (bicyclic) bond motifs is 1. The van der Waals surface area contributed by atoms with E-state index in [1.54, 1.807) is 56.3 Å². The smallest absolute Gasteiger partial charge is 0.254 e. The van der Waals surface area contributed by atoms with Crippen molar-refractivity contribution in [1.82, 2.24) is 15.3 Å². The number of nitrogens with zero attached hydrogens (tertiary/aromatic N) is 2. The van der Waals surface area contributed by atoms with Crippen LogP contribution in [0.1, 0.15) is 45.7 Å². The highest BCUT2D eigenvalue weighted by Gasteiger charge is 2.32. The number of carbonyl (C=O) groups is 2. The molecule has 0 unspecified atom stereocenters. The van der Waals surface area contributed by atoms with E-state index in [1.807, 2.05) is 0 Å². The molecular formula is C24H26N6O4S. The first-order chi connectivity index (χ1) is 16.5. The van der Waals surface area contributed by atoms with E-state index in [0.717, 1.165) is 5.56 Å². The van der Waals surface area contributed by atoms with Gasteiger partial charge in [-0.2, -0.15) is 4.98 Å². The van der Waals surface area contributed by atoms with Crippen molar-refractivity contribution in [3.63, 3.8) is 0 Å². The highest BCUT2D eigenvalue weighted by molar-refractivity contribution is 7.91. The van der Waals surface area contributed by atoms with Gasteiger partial charge < -0.3 is 21.7 Å². The Morgan fingerprint density at radius 1 is 1.11 bits per heavy atom. The SMILES string of the molecule is CC(C)(c1ccc(Nc2ncc(C(N)=O)c(Nc3cccc4c3CCNC4=O)n2)cc1)S(C)(=O)=O. The van der Waals surface area contributed by atoms with Gasteiger partial charge in [0.05, 0.1) is 4.75 Å². The van der Waals surface area contributed by atoms with Crippen LogP contribution in [-0.4, -0.2) is 43.0 Å². The minimum absolute atomic E-state index is 0.0960. The molecule has 3 aromatic rings. The summed E-state index contributed by atoms with van der Waals surface area (Å²) >= 11 is 0. The molecule has 0 spiro atoms. The van der Waals surface area contributed by atoms with Crippen molar-refractivity contribution in [2.45, 2.75) is 25.0 Å². The van der Waals surface area contributed by atoms with E-state index in [-0.39, 0.29) is 23.2 Å². The average molecular weight is 495 g/mol. The summed E-state index contributed by atoms with van der Waals surface area (Å²) in [6, 6.07) is 12.2. The van der Waals surface area contributed by atoms with Crippen LogP contribution >= 0.6 is 0 Å². The summed E-state index contributed by atoms with van der Waals surface area (Å²) < 4.78 is 23.2. The second kappa shape index (κ2) is 8.99. The van der Waals surface area contributed by atoms with Crippen molar-refractivity contribution >= 4 is 44.8 Å². The summed E-state index contributed by atoms with van der Waals surface area (Å²) in [5.74, 6) is -0.453. The Balaban J connectivity index is 1.63. The fraction of sp³-hybridized carbons (Fsp3) is 0.250. The minimum Gasteiger partial charge on any atom is -0.365 e. The fourth-order valence-corrected chi connectivity index (χ4v) is 4.29. The van der Waals surface area contributed by atoms with Crippen LogP contribution in [0.3, 0.4) is 0 Å². The number of hydrogen-bond donors (Lipinski definition) is 4. The van der Waals surface area contributed by atoms with Crippen molar-refractivity contribution < 1.29 is 18.0 Å². The molecule has 4 rings (SSSR count). The van der Waals surface area contributed by atoms with Crippen molar-refractivity contribution in [3.8, 4) is 0 Å². The second-order valence-electron chi connectivity index (χ2n) is 8.77. The van der Waals surface area contributed by atoms with Gasteiger partial charge in [-0.05, 0) is 55.7 Å². The highest BCUT2D eigenvalue weighted by atomic mass is 32.2. The van der Waals surface area contributed by atoms with E-state index in [1.165, 1.54) is 12.5 Å². The largest absolute Gasteiger partial charge is 0.365 e. The highest BCUT2D eigenvalue weighted by Crippen LogP contribution is 2.31. The molecule has 0 fully saturated rings. The number of benzene rings is 2. The molecule has 1 aromatic heterocycles. The molecular weight excluding hydrogens is 468 g/mol. The first-order valence-corrected chi connectivity index (χ1v) is 12.8. The van der Waals surface area contributed by atoms with Gasteiger partial charge in [0.2, 0.25) is 5.95 Å². The predicted molar refractivity (Wildman–Crippen MR) is 134 cm³/mol. The topological polar surface area (TPSA) is 156 Å². The molecule has 2 amide bonds. The van der Waals surface area contributed by atoms with Crippen LogP contribution in [0.4, 0.5) is 23.1 Å². The quantitative estimate of drug-likeness (QED) is 0.390. The van der Waals surface area contributed by atoms with Gasteiger partial charge in [0.15, 0.2) is 9.84 Å². The molecule has 11 heteroatoms. The molecule has 1 aliphatic heterocycles. The molecule has 0 atom stereocenters. The lowest BCUT2D eigenvalue weighted by molar-refractivity contribution is 0.0944. The van der Waals surface area contributed by atoms with Gasteiger partial charge in [0, 0.05) is 35.9 Å². The van der Waals surface area contributed by atoms with Crippen LogP contribution in [-0.2, 0) is 21.0 Å². The second-order valence-corrected chi connectivity index (χ2v) is 11.3. The third kappa shape index (κ3) is 4.80. The van der Waals surface area contributed by atoms with Gasteiger partial charge in [-0.1, -0.05) is 18.2 Å². The number of carbonyl (C=O) groups excluding carboxylic acids is 2. The van der Waals surface area contributed by atoms with E-state index >= 15 is 0 Å². The number of aromatic nitrogens is 2. The summed E-state index contributed by atoms with van der Waals surface area (Å²) in [4.78, 5) is 32.8. The van der Waals surface area contributed by atoms with Crippen LogP contribution in [0.5, 0.6) is 0 Å². The molecule has 35 heavy (non-hydrogen) atoms. The van der Waals surface area contributed by atoms with E-state index in [9.17, 15) is 18.0 Å². The van der Waals surface area contributed by atoms with Crippen molar-refractivity contribution in [2.24, 2.45) is 5.73 Å². The molecule has 0 aliphatic carbocycles. The van der Waals surface area contributed by atoms with Gasteiger partial charge in [-0.3, -0.25) is 9.59 Å². The van der Waals surface area contributed by atoms with E-state index in [0.29, 0.717) is 35.5 Å². The first kappa shape index (κ1) is 24.1. The molecule has 0 saturated heterocycles. The Kier molecular flexibility index (Phi) is 6.20. The standard InChI is InChI=1S/C24H26N6O4S/c1-24(2,35(3,33)34)14-7-9-15(10-8-14)28-23-27-13-18(20(25)31)21(30-23)29-19-6-4-5-17-16(19)11-12-26-22(17)32/h4-10,13H,11-12H2,1-3H3,(H2,25,31)(H,26,32)(H2,27,28,29,30). The van der Waals surface area contributed by atoms with Gasteiger partial charge in [-0.25, -0.2) is 13.4 Å². The number of anilines is 4. The van der Waals surface area contributed by atoms with Crippen molar-refractivity contribution in [2.75, 3.05) is 23.4 Å². The summed E-state index contributed by atoms with van der Waals surface area (Å²) in [7, 11) is -3.31. The normalized spacial score (nSPS) is 13.5. The van der Waals surface area contributed by atoms with Crippen LogP contribution in [0.25, 0.3) is 0 Å². The molecule has 182 valence electrons. The Labute approximate surface area is 203 Å². The maximum Gasteiger partial charge on any atom is 0.254 e. The Hall–Kier alpha value is -3.99. The van der Waals surface area contributed by atoms with Gasteiger partial charge in [0.25, 0.3) is 11.8 Å². The van der Waals surface area contributed by atoms with Crippen LogP contribution < -0.4 is 21.7 Å². The number of primary amides is 1. The first-order valence-electron chi connectivity index (χ1n) is 10.9. The number of nitrogens with one attached hydrogen (secondary N) is 3. The van der Waals surface area contributed by atoms with Gasteiger partial charge in [-0.15, -0.1) is 0 Å². The Bertz CT molecular complexity index is 1420. The minimum atomic E-state index is -3.31. The van der Waals surface area contributed by atoms with Crippen LogP contribution in [0.15, 0.2) is 48.7 Å². The van der Waals surface area contributed by atoms with Crippen molar-refractivity contribution in [3.05, 3.63) is 70.9 Å². The molecule has 1 aliphatic rings. The lowest BCUT2D eigenvalue weighted by Crippen LogP contribution is -2.32. The zero-order valence-electron chi connectivity index (χ0n) is 19.5. The Morgan fingerprint density at radius 3 is 2.49 bits per heavy atom. The zero-order chi connectivity index (χ0) is 25.4. The summed E-state index contributed by atoms with van der Waals surface area (Å²) in [5, 5.41) is 9.00. The third-order valence-corrected chi connectivity index (χ3v) is 8.24. The molecule has 0 bridgehead atoms. The van der Waals surface area contributed by atoms with Crippen LogP contribution in [0, 0.1) is 0 Å². The lowest BCUT2D eigenvalue weighted by atomic mass is 9.98. The number of hydrogen-bond acceptors (Lipinski definition) is 8. The van der Waals surface area contributed by atoms with Gasteiger partial charge >= 0.3 is 0 Å². The monoisotopic (exact) mass is 494 g/mol. The number of rotatable bonds is 7. The maximum absolute atomic E-state index is 12.2. The lowest BCUT2D eigenvalue weighted by Gasteiger charge is -2.23. The van der Waals surface area contributed by atoms with E-state index < -0.39 is 20.5 Å². The molecule has 10 nitrogen and oxygen atoms in total. The number of sulfone groups is 1. The summed E-state index contributed by atoms with van der Waals surface area (Å²) in [6.07, 6.45) is 3.16. The van der Waals surface area contributed by atoms with E-state index in [4.69, 9.17) is 5.73 Å². The average Bonchev–Trinajstić information content (AvgIpc) is 2.79. The predicted octanol–water partition coefficient (Wildman–Crippen LogP) is 2.63. The van der Waals surface area contributed by atoms with Gasteiger partial charge in [0.1, 0.15) is 11.4 Å². The fourth-order valence-electron chi connectivity index (χ4n) is 3.73. The van der Waals surface area contributed by atoms with E-state index in [2.05, 4.69) is 25.9 Å². The molecule has 0 radical (unpaired) electrons. The van der Waals surface area contributed by atoms with Crippen LogP contribution in [0.2, 0.25) is 0 Å². The summed E-state index contributed by atoms with van der Waals surface area (Å²) in [5.41, 5.74) is 8.94. The number of amides is 2. The zero-order valence-corrected chi connectivity index (χ0v) is 20.4. The molecule has 2 aromatic carbocycles. The third-order valence-electron chi connectivity index (χ3n) is 6.15. The Morgan fingerprint density at radius 2 is 1.83 bits per heavy atom. The number of nitrogens with two attached hydrogens (primary N) is 1. The molecule has 2 heterocycles. The summed E-state index contributed by atoms with van der Waals surface area (Å²) in [6.45, 7) is 3.82. The van der Waals surface area contributed by atoms with Crippen molar-refractivity contribution in [1.29, 1.82) is 0 Å². The molecule has 5 N–H and O–H groups in total.